The van der Waals surface area contributed by atoms with Crippen molar-refractivity contribution < 1.29 is 40.7 Å². The number of alkyl halides is 6. The van der Waals surface area contributed by atoms with Gasteiger partial charge in [0.1, 0.15) is 6.10 Å². The fourth-order valence-electron chi connectivity index (χ4n) is 3.77. The molecule has 3 aromatic rings. The molecule has 1 aromatic heterocycles. The molecule has 0 spiro atoms. The van der Waals surface area contributed by atoms with E-state index in [0.29, 0.717) is 33.6 Å². The molecule has 2 atom stereocenters. The summed E-state index contributed by atoms with van der Waals surface area (Å²) >= 11 is 0. The summed E-state index contributed by atoms with van der Waals surface area (Å²) in [4.78, 5) is 34.0. The van der Waals surface area contributed by atoms with E-state index in [2.05, 4.69) is 15.3 Å². The summed E-state index contributed by atoms with van der Waals surface area (Å²) in [5, 5.41) is 2.50. The van der Waals surface area contributed by atoms with E-state index in [0.717, 1.165) is 0 Å². The van der Waals surface area contributed by atoms with Gasteiger partial charge in [-0.05, 0) is 42.3 Å². The van der Waals surface area contributed by atoms with E-state index in [1.54, 1.807) is 18.2 Å². The van der Waals surface area contributed by atoms with Gasteiger partial charge in [-0.2, -0.15) is 26.3 Å². The van der Waals surface area contributed by atoms with Crippen LogP contribution in [0.5, 0.6) is 0 Å². The minimum atomic E-state index is -5.07. The Morgan fingerprint density at radius 3 is 2.29 bits per heavy atom. The van der Waals surface area contributed by atoms with Crippen LogP contribution < -0.4 is 5.32 Å². The normalized spacial score (nSPS) is 18.6. The molecule has 1 fully saturated rings. The lowest BCUT2D eigenvalue weighted by Gasteiger charge is -2.21. The Morgan fingerprint density at radius 1 is 1.03 bits per heavy atom. The van der Waals surface area contributed by atoms with Crippen LogP contribution in [0.2, 0.25) is 0 Å². The van der Waals surface area contributed by atoms with Gasteiger partial charge in [0.2, 0.25) is 0 Å². The number of halogens is 6. The maximum atomic E-state index is 13.2. The number of benzene rings is 2. The highest BCUT2D eigenvalue weighted by Crippen LogP contribution is 2.40. The quantitative estimate of drug-likeness (QED) is 0.485. The van der Waals surface area contributed by atoms with E-state index in [1.165, 1.54) is 19.3 Å². The smallest absolute Gasteiger partial charge is 0.419 e. The predicted octanol–water partition coefficient (Wildman–Crippen LogP) is 5.46. The summed E-state index contributed by atoms with van der Waals surface area (Å²) in [7, 11) is 0. The maximum absolute atomic E-state index is 13.2. The standard InChI is InChI=1S/C22H16F6N4O3/c1-11-18(13-7-14(21(23,24)25)9-15(8-13)22(26,27)28)35-20(34)32(11)19(33)31-10-12-3-2-4-16-17(12)30-6-5-29-16/h2-9,11,18H,10H2,1H3,(H,31,33)/t11-,18-/m0/s1. The van der Waals surface area contributed by atoms with Crippen LogP contribution in [-0.2, 0) is 23.6 Å². The summed E-state index contributed by atoms with van der Waals surface area (Å²) in [6.07, 6.45) is -9.93. The van der Waals surface area contributed by atoms with Gasteiger partial charge in [0.15, 0.2) is 0 Å². The highest BCUT2D eigenvalue weighted by Gasteiger charge is 2.45. The number of carbonyl (C=O) groups excluding carboxylic acids is 2. The molecule has 2 heterocycles. The summed E-state index contributed by atoms with van der Waals surface area (Å²) in [6, 6.07) is 3.86. The Bertz CT molecular complexity index is 1260. The second-order valence-corrected chi connectivity index (χ2v) is 7.75. The predicted molar refractivity (Wildman–Crippen MR) is 109 cm³/mol. The number of urea groups is 1. The number of cyclic esters (lactones) is 1. The molecule has 0 unspecified atom stereocenters. The minimum Gasteiger partial charge on any atom is -0.439 e. The number of para-hydroxylation sites is 1. The molecule has 0 bridgehead atoms. The number of ether oxygens (including phenoxy) is 1. The Kier molecular flexibility index (Phi) is 6.03. The highest BCUT2D eigenvalue weighted by molar-refractivity contribution is 5.93. The second kappa shape index (κ2) is 8.71. The first-order chi connectivity index (χ1) is 16.4. The van der Waals surface area contributed by atoms with Crippen LogP contribution in [0.15, 0.2) is 48.8 Å². The molecule has 4 rings (SSSR count). The molecule has 0 aliphatic carbocycles. The van der Waals surface area contributed by atoms with Crippen LogP contribution in [0.25, 0.3) is 11.0 Å². The average molecular weight is 498 g/mol. The molecule has 13 heteroatoms. The van der Waals surface area contributed by atoms with Gasteiger partial charge in [0.05, 0.1) is 28.2 Å². The number of imide groups is 1. The maximum Gasteiger partial charge on any atom is 0.419 e. The third kappa shape index (κ3) is 4.84. The molecule has 1 aliphatic heterocycles. The third-order valence-electron chi connectivity index (χ3n) is 5.44. The van der Waals surface area contributed by atoms with Gasteiger partial charge in [0, 0.05) is 18.9 Å². The van der Waals surface area contributed by atoms with Gasteiger partial charge in [-0.15, -0.1) is 0 Å². The van der Waals surface area contributed by atoms with E-state index in [4.69, 9.17) is 4.74 Å². The van der Waals surface area contributed by atoms with Crippen molar-refractivity contribution in [1.82, 2.24) is 20.2 Å². The topological polar surface area (TPSA) is 84.4 Å². The second-order valence-electron chi connectivity index (χ2n) is 7.75. The molecule has 35 heavy (non-hydrogen) atoms. The first kappa shape index (κ1) is 24.2. The molecule has 1 aliphatic rings. The van der Waals surface area contributed by atoms with Crippen LogP contribution >= 0.6 is 0 Å². The van der Waals surface area contributed by atoms with Crippen molar-refractivity contribution in [3.8, 4) is 0 Å². The van der Waals surface area contributed by atoms with E-state index >= 15 is 0 Å². The Labute approximate surface area is 193 Å². The van der Waals surface area contributed by atoms with Crippen molar-refractivity contribution in [2.24, 2.45) is 0 Å². The van der Waals surface area contributed by atoms with Crippen LogP contribution in [0, 0.1) is 0 Å². The Hall–Kier alpha value is -3.90. The monoisotopic (exact) mass is 498 g/mol. The molecular weight excluding hydrogens is 482 g/mol. The summed E-state index contributed by atoms with van der Waals surface area (Å²) in [6.45, 7) is 1.21. The number of rotatable bonds is 3. The number of nitrogens with zero attached hydrogens (tertiary/aromatic N) is 3. The van der Waals surface area contributed by atoms with Crippen LogP contribution in [0.1, 0.15) is 35.3 Å². The molecule has 2 aromatic carbocycles. The number of fused-ring (bicyclic) bond motifs is 1. The first-order valence-corrected chi connectivity index (χ1v) is 10.1. The van der Waals surface area contributed by atoms with Crippen LogP contribution in [0.4, 0.5) is 35.9 Å². The molecule has 1 saturated heterocycles. The zero-order chi connectivity index (χ0) is 25.5. The zero-order valence-corrected chi connectivity index (χ0v) is 17.8. The molecule has 3 amide bonds. The largest absolute Gasteiger partial charge is 0.439 e. The van der Waals surface area contributed by atoms with E-state index < -0.39 is 53.3 Å². The van der Waals surface area contributed by atoms with Gasteiger partial charge >= 0.3 is 24.5 Å². The number of amides is 3. The lowest BCUT2D eigenvalue weighted by atomic mass is 9.97. The molecule has 1 N–H and O–H groups in total. The van der Waals surface area contributed by atoms with Crippen molar-refractivity contribution in [3.05, 3.63) is 71.0 Å². The Balaban J connectivity index is 1.57. The van der Waals surface area contributed by atoms with Crippen molar-refractivity contribution >= 4 is 23.2 Å². The van der Waals surface area contributed by atoms with Gasteiger partial charge in [0.25, 0.3) is 0 Å². The highest BCUT2D eigenvalue weighted by atomic mass is 19.4. The van der Waals surface area contributed by atoms with Gasteiger partial charge in [-0.3, -0.25) is 9.97 Å². The van der Waals surface area contributed by atoms with Gasteiger partial charge < -0.3 is 10.1 Å². The summed E-state index contributed by atoms with van der Waals surface area (Å²) in [5.74, 6) is 0. The first-order valence-electron chi connectivity index (χ1n) is 10.1. The number of hydrogen-bond acceptors (Lipinski definition) is 5. The van der Waals surface area contributed by atoms with Crippen molar-refractivity contribution in [1.29, 1.82) is 0 Å². The fraction of sp³-hybridized carbons (Fsp3) is 0.273. The van der Waals surface area contributed by atoms with Crippen molar-refractivity contribution in [2.45, 2.75) is 38.0 Å². The third-order valence-corrected chi connectivity index (χ3v) is 5.44. The van der Waals surface area contributed by atoms with E-state index in [1.807, 2.05) is 0 Å². The van der Waals surface area contributed by atoms with E-state index in [9.17, 15) is 35.9 Å². The van der Waals surface area contributed by atoms with Crippen LogP contribution in [-0.4, -0.2) is 33.0 Å². The molecular formula is C22H16F6N4O3. The SMILES string of the molecule is C[C@H]1[C@@H](c2cc(C(F)(F)F)cc(C(F)(F)F)c2)OC(=O)N1C(=O)NCc1cccc2nccnc12. The molecule has 0 saturated carbocycles. The Morgan fingerprint density at radius 2 is 1.66 bits per heavy atom. The minimum absolute atomic E-state index is 0.0253. The van der Waals surface area contributed by atoms with E-state index in [-0.39, 0.29) is 12.6 Å². The summed E-state index contributed by atoms with van der Waals surface area (Å²) in [5.41, 5.74) is -1.98. The lowest BCUT2D eigenvalue weighted by Crippen LogP contribution is -2.44. The number of aromatic nitrogens is 2. The number of nitrogens with one attached hydrogen (secondary N) is 1. The van der Waals surface area contributed by atoms with Crippen LogP contribution in [0.3, 0.4) is 0 Å². The number of carbonyl (C=O) groups is 2. The average Bonchev–Trinajstić information content (AvgIpc) is 3.09. The lowest BCUT2D eigenvalue weighted by molar-refractivity contribution is -0.143. The number of hydrogen-bond donors (Lipinski definition) is 1. The zero-order valence-electron chi connectivity index (χ0n) is 17.8. The van der Waals surface area contributed by atoms with Crippen molar-refractivity contribution in [2.75, 3.05) is 0 Å². The van der Waals surface area contributed by atoms with Gasteiger partial charge in [-0.25, -0.2) is 14.5 Å². The summed E-state index contributed by atoms with van der Waals surface area (Å²) < 4.78 is 84.3. The molecule has 7 nitrogen and oxygen atoms in total. The van der Waals surface area contributed by atoms with Gasteiger partial charge in [-0.1, -0.05) is 12.1 Å². The fourth-order valence-corrected chi connectivity index (χ4v) is 3.77. The molecule has 0 radical (unpaired) electrons. The molecule has 184 valence electrons. The van der Waals surface area contributed by atoms with Crippen molar-refractivity contribution in [3.63, 3.8) is 0 Å².